The SMILES string of the molecule is Cc1ccccc1-c1nnn(CC(=O)c2cccc(F)c2)n1. The van der Waals surface area contributed by atoms with Gasteiger partial charge in [0.05, 0.1) is 0 Å². The number of ketones is 1. The van der Waals surface area contributed by atoms with Crippen LogP contribution in [-0.2, 0) is 6.54 Å². The molecule has 0 atom stereocenters. The number of aryl methyl sites for hydroxylation is 1. The monoisotopic (exact) mass is 296 g/mol. The fourth-order valence-corrected chi connectivity index (χ4v) is 2.12. The molecule has 1 aromatic heterocycles. The van der Waals surface area contributed by atoms with E-state index in [0.29, 0.717) is 5.82 Å². The molecule has 0 aliphatic rings. The lowest BCUT2D eigenvalue weighted by Crippen LogP contribution is -2.13. The molecule has 22 heavy (non-hydrogen) atoms. The maximum absolute atomic E-state index is 13.1. The van der Waals surface area contributed by atoms with Gasteiger partial charge in [-0.15, -0.1) is 10.2 Å². The molecule has 6 heteroatoms. The molecule has 0 aliphatic heterocycles. The van der Waals surface area contributed by atoms with Crippen LogP contribution in [0.4, 0.5) is 4.39 Å². The van der Waals surface area contributed by atoms with E-state index in [1.54, 1.807) is 6.07 Å². The minimum Gasteiger partial charge on any atom is -0.292 e. The Hall–Kier alpha value is -2.89. The molecule has 0 aliphatic carbocycles. The van der Waals surface area contributed by atoms with Crippen molar-refractivity contribution in [3.63, 3.8) is 0 Å². The van der Waals surface area contributed by atoms with Gasteiger partial charge in [0.1, 0.15) is 12.4 Å². The molecule has 0 bridgehead atoms. The first-order valence-electron chi connectivity index (χ1n) is 6.76. The summed E-state index contributed by atoms with van der Waals surface area (Å²) in [5.41, 5.74) is 2.18. The summed E-state index contributed by atoms with van der Waals surface area (Å²) in [6.45, 7) is 1.87. The Morgan fingerprint density at radius 1 is 1.18 bits per heavy atom. The normalized spacial score (nSPS) is 10.6. The number of carbonyl (C=O) groups is 1. The van der Waals surface area contributed by atoms with Crippen LogP contribution in [0, 0.1) is 12.7 Å². The number of benzene rings is 2. The Morgan fingerprint density at radius 3 is 2.77 bits per heavy atom. The topological polar surface area (TPSA) is 60.7 Å². The van der Waals surface area contributed by atoms with Gasteiger partial charge < -0.3 is 0 Å². The summed E-state index contributed by atoms with van der Waals surface area (Å²) in [6.07, 6.45) is 0. The minimum atomic E-state index is -0.446. The highest BCUT2D eigenvalue weighted by Crippen LogP contribution is 2.17. The predicted octanol–water partition coefficient (Wildman–Crippen LogP) is 2.67. The molecule has 5 nitrogen and oxygen atoms in total. The molecule has 1 heterocycles. The first kappa shape index (κ1) is 14.1. The van der Waals surface area contributed by atoms with Gasteiger partial charge in [-0.25, -0.2) is 4.39 Å². The number of hydrogen-bond donors (Lipinski definition) is 0. The largest absolute Gasteiger partial charge is 0.292 e. The van der Waals surface area contributed by atoms with Gasteiger partial charge in [0.15, 0.2) is 5.78 Å². The van der Waals surface area contributed by atoms with Crippen molar-refractivity contribution in [3.05, 3.63) is 65.5 Å². The second-order valence-corrected chi connectivity index (χ2v) is 4.89. The highest BCUT2D eigenvalue weighted by molar-refractivity contribution is 5.95. The van der Waals surface area contributed by atoms with E-state index in [-0.39, 0.29) is 17.9 Å². The van der Waals surface area contributed by atoms with Crippen molar-refractivity contribution >= 4 is 5.78 Å². The van der Waals surface area contributed by atoms with Crippen LogP contribution >= 0.6 is 0 Å². The average molecular weight is 296 g/mol. The summed E-state index contributed by atoms with van der Waals surface area (Å²) in [5.74, 6) is -0.253. The van der Waals surface area contributed by atoms with Crippen molar-refractivity contribution in [1.82, 2.24) is 20.2 Å². The third kappa shape index (κ3) is 2.90. The number of hydrogen-bond acceptors (Lipinski definition) is 4. The molecule has 0 radical (unpaired) electrons. The number of nitrogens with zero attached hydrogens (tertiary/aromatic N) is 4. The van der Waals surface area contributed by atoms with Gasteiger partial charge in [0.25, 0.3) is 0 Å². The zero-order chi connectivity index (χ0) is 15.5. The van der Waals surface area contributed by atoms with Crippen LogP contribution in [0.3, 0.4) is 0 Å². The fourth-order valence-electron chi connectivity index (χ4n) is 2.12. The van der Waals surface area contributed by atoms with Gasteiger partial charge in [-0.2, -0.15) is 4.80 Å². The van der Waals surface area contributed by atoms with Crippen LogP contribution < -0.4 is 0 Å². The summed E-state index contributed by atoms with van der Waals surface area (Å²) in [5, 5.41) is 12.1. The summed E-state index contributed by atoms with van der Waals surface area (Å²) < 4.78 is 13.1. The minimum absolute atomic E-state index is 0.0810. The van der Waals surface area contributed by atoms with Crippen molar-refractivity contribution in [2.75, 3.05) is 0 Å². The molecule has 0 saturated heterocycles. The van der Waals surface area contributed by atoms with Crippen LogP contribution in [0.25, 0.3) is 11.4 Å². The highest BCUT2D eigenvalue weighted by Gasteiger charge is 2.12. The molecule has 0 N–H and O–H groups in total. The molecule has 0 saturated carbocycles. The number of tetrazole rings is 1. The molecule has 110 valence electrons. The van der Waals surface area contributed by atoms with Crippen molar-refractivity contribution in [1.29, 1.82) is 0 Å². The van der Waals surface area contributed by atoms with E-state index in [1.165, 1.54) is 23.0 Å². The van der Waals surface area contributed by atoms with Crippen LogP contribution in [-0.4, -0.2) is 26.0 Å². The molecule has 3 rings (SSSR count). The Morgan fingerprint density at radius 2 is 2.00 bits per heavy atom. The summed E-state index contributed by atoms with van der Waals surface area (Å²) >= 11 is 0. The van der Waals surface area contributed by atoms with E-state index in [1.807, 2.05) is 31.2 Å². The average Bonchev–Trinajstić information content (AvgIpc) is 2.96. The Balaban J connectivity index is 1.80. The van der Waals surface area contributed by atoms with E-state index >= 15 is 0 Å². The number of halogens is 1. The molecule has 0 fully saturated rings. The van der Waals surface area contributed by atoms with E-state index < -0.39 is 5.82 Å². The fraction of sp³-hybridized carbons (Fsp3) is 0.125. The Bertz CT molecular complexity index is 828. The van der Waals surface area contributed by atoms with Crippen molar-refractivity contribution in [3.8, 4) is 11.4 Å². The quantitative estimate of drug-likeness (QED) is 0.694. The van der Waals surface area contributed by atoms with Gasteiger partial charge in [-0.1, -0.05) is 36.4 Å². The molecule has 0 spiro atoms. The lowest BCUT2D eigenvalue weighted by Gasteiger charge is -2.00. The van der Waals surface area contributed by atoms with Crippen molar-refractivity contribution in [2.24, 2.45) is 0 Å². The molecule has 2 aromatic carbocycles. The molecular weight excluding hydrogens is 283 g/mol. The number of carbonyl (C=O) groups excluding carboxylic acids is 1. The number of rotatable bonds is 4. The van der Waals surface area contributed by atoms with Gasteiger partial charge in [-0.05, 0) is 29.8 Å². The van der Waals surface area contributed by atoms with Crippen LogP contribution in [0.5, 0.6) is 0 Å². The van der Waals surface area contributed by atoms with Gasteiger partial charge in [0.2, 0.25) is 5.82 Å². The zero-order valence-corrected chi connectivity index (χ0v) is 11.9. The smallest absolute Gasteiger partial charge is 0.205 e. The third-order valence-electron chi connectivity index (χ3n) is 3.27. The van der Waals surface area contributed by atoms with E-state index in [2.05, 4.69) is 15.4 Å². The first-order valence-corrected chi connectivity index (χ1v) is 6.76. The summed E-state index contributed by atoms with van der Waals surface area (Å²) in [6, 6.07) is 13.2. The Kier molecular flexibility index (Phi) is 3.74. The van der Waals surface area contributed by atoms with Gasteiger partial charge in [-0.3, -0.25) is 4.79 Å². The molecule has 3 aromatic rings. The molecule has 0 amide bonds. The van der Waals surface area contributed by atoms with E-state index in [9.17, 15) is 9.18 Å². The highest BCUT2D eigenvalue weighted by atomic mass is 19.1. The second kappa shape index (κ2) is 5.85. The standard InChI is InChI=1S/C16H13FN4O/c1-11-5-2-3-8-14(11)16-18-20-21(19-16)10-15(22)12-6-4-7-13(17)9-12/h2-9H,10H2,1H3. The van der Waals surface area contributed by atoms with Gasteiger partial charge in [0, 0.05) is 11.1 Å². The third-order valence-corrected chi connectivity index (χ3v) is 3.27. The van der Waals surface area contributed by atoms with E-state index in [0.717, 1.165) is 11.1 Å². The van der Waals surface area contributed by atoms with Crippen molar-refractivity contribution < 1.29 is 9.18 Å². The van der Waals surface area contributed by atoms with E-state index in [4.69, 9.17) is 0 Å². The molecular formula is C16H13FN4O. The predicted molar refractivity (Wildman–Crippen MR) is 78.7 cm³/mol. The summed E-state index contributed by atoms with van der Waals surface area (Å²) in [4.78, 5) is 13.3. The van der Waals surface area contributed by atoms with Crippen LogP contribution in [0.2, 0.25) is 0 Å². The lowest BCUT2D eigenvalue weighted by atomic mass is 10.1. The summed E-state index contributed by atoms with van der Waals surface area (Å²) in [7, 11) is 0. The first-order chi connectivity index (χ1) is 10.6. The lowest BCUT2D eigenvalue weighted by molar-refractivity contribution is 0.0961. The van der Waals surface area contributed by atoms with Crippen LogP contribution in [0.1, 0.15) is 15.9 Å². The second-order valence-electron chi connectivity index (χ2n) is 4.89. The Labute approximate surface area is 126 Å². The number of Topliss-reactive ketones (excluding diaryl/α,β-unsaturated/α-hetero) is 1. The van der Waals surface area contributed by atoms with Crippen LogP contribution in [0.15, 0.2) is 48.5 Å². The van der Waals surface area contributed by atoms with Gasteiger partial charge >= 0.3 is 0 Å². The zero-order valence-electron chi connectivity index (χ0n) is 11.9. The molecule has 0 unspecified atom stereocenters. The van der Waals surface area contributed by atoms with Crippen molar-refractivity contribution in [2.45, 2.75) is 13.5 Å². The maximum atomic E-state index is 13.1. The maximum Gasteiger partial charge on any atom is 0.205 e. The number of aromatic nitrogens is 4.